The summed E-state index contributed by atoms with van der Waals surface area (Å²) in [6, 6.07) is 8.74. The van der Waals surface area contributed by atoms with Crippen molar-refractivity contribution in [3.05, 3.63) is 47.8 Å². The Bertz CT molecular complexity index is 837. The van der Waals surface area contributed by atoms with Gasteiger partial charge in [-0.2, -0.15) is 4.31 Å². The maximum atomic E-state index is 12.5. The van der Waals surface area contributed by atoms with Crippen LogP contribution in [0.4, 0.5) is 0 Å². The zero-order valence-corrected chi connectivity index (χ0v) is 14.8. The molecule has 25 heavy (non-hydrogen) atoms. The molecule has 1 aliphatic heterocycles. The SMILES string of the molecule is COc1ccc(CNC(=O)c2cc(S(=O)(=O)N3CCCC3)c[nH]2)cc1. The first-order chi connectivity index (χ1) is 12.0. The Morgan fingerprint density at radius 1 is 1.24 bits per heavy atom. The van der Waals surface area contributed by atoms with Crippen LogP contribution in [0.2, 0.25) is 0 Å². The van der Waals surface area contributed by atoms with E-state index < -0.39 is 10.0 Å². The number of aromatic nitrogens is 1. The Morgan fingerprint density at radius 2 is 1.92 bits per heavy atom. The van der Waals surface area contributed by atoms with Gasteiger partial charge in [0.05, 0.1) is 7.11 Å². The van der Waals surface area contributed by atoms with Gasteiger partial charge in [0.2, 0.25) is 10.0 Å². The van der Waals surface area contributed by atoms with Crippen LogP contribution in [0.15, 0.2) is 41.4 Å². The number of hydrogen-bond acceptors (Lipinski definition) is 4. The van der Waals surface area contributed by atoms with Gasteiger partial charge >= 0.3 is 0 Å². The average molecular weight is 363 g/mol. The summed E-state index contributed by atoms with van der Waals surface area (Å²) in [4.78, 5) is 15.1. The number of carbonyl (C=O) groups excluding carboxylic acids is 1. The van der Waals surface area contributed by atoms with Crippen molar-refractivity contribution < 1.29 is 17.9 Å². The lowest BCUT2D eigenvalue weighted by Crippen LogP contribution is -2.27. The van der Waals surface area contributed by atoms with Gasteiger partial charge in [-0.1, -0.05) is 12.1 Å². The van der Waals surface area contributed by atoms with E-state index in [-0.39, 0.29) is 16.5 Å². The van der Waals surface area contributed by atoms with Gasteiger partial charge in [0.15, 0.2) is 0 Å². The lowest BCUT2D eigenvalue weighted by molar-refractivity contribution is 0.0946. The minimum absolute atomic E-state index is 0.129. The fraction of sp³-hybridized carbons (Fsp3) is 0.353. The summed E-state index contributed by atoms with van der Waals surface area (Å²) in [5.41, 5.74) is 1.15. The quantitative estimate of drug-likeness (QED) is 0.818. The highest BCUT2D eigenvalue weighted by Gasteiger charge is 2.28. The van der Waals surface area contributed by atoms with E-state index in [0.29, 0.717) is 19.6 Å². The summed E-state index contributed by atoms with van der Waals surface area (Å²) in [7, 11) is -1.92. The highest BCUT2D eigenvalue weighted by Crippen LogP contribution is 2.21. The van der Waals surface area contributed by atoms with Crippen LogP contribution in [0.3, 0.4) is 0 Å². The number of carbonyl (C=O) groups is 1. The third kappa shape index (κ3) is 3.85. The van der Waals surface area contributed by atoms with Crippen LogP contribution < -0.4 is 10.1 Å². The molecule has 0 saturated carbocycles. The molecule has 0 radical (unpaired) electrons. The molecule has 134 valence electrons. The first kappa shape index (κ1) is 17.5. The van der Waals surface area contributed by atoms with Gasteiger partial charge in [-0.3, -0.25) is 4.79 Å². The van der Waals surface area contributed by atoms with E-state index in [0.717, 1.165) is 24.2 Å². The smallest absolute Gasteiger partial charge is 0.268 e. The number of nitrogens with zero attached hydrogens (tertiary/aromatic N) is 1. The lowest BCUT2D eigenvalue weighted by atomic mass is 10.2. The van der Waals surface area contributed by atoms with Gasteiger partial charge in [0.25, 0.3) is 5.91 Å². The Kier molecular flexibility index (Phi) is 5.10. The van der Waals surface area contributed by atoms with Gasteiger partial charge < -0.3 is 15.0 Å². The lowest BCUT2D eigenvalue weighted by Gasteiger charge is -2.13. The summed E-state index contributed by atoms with van der Waals surface area (Å²) in [5.74, 6) is 0.398. The molecule has 0 bridgehead atoms. The molecule has 2 N–H and O–H groups in total. The van der Waals surface area contributed by atoms with E-state index >= 15 is 0 Å². The second-order valence-corrected chi connectivity index (χ2v) is 7.83. The van der Waals surface area contributed by atoms with Crippen molar-refractivity contribution in [2.75, 3.05) is 20.2 Å². The second kappa shape index (κ2) is 7.28. The first-order valence-electron chi connectivity index (χ1n) is 8.10. The summed E-state index contributed by atoms with van der Waals surface area (Å²) in [6.45, 7) is 1.41. The zero-order valence-electron chi connectivity index (χ0n) is 14.0. The average Bonchev–Trinajstić information content (AvgIpc) is 3.32. The standard InChI is InChI=1S/C17H21N3O4S/c1-24-14-6-4-13(5-7-14)11-19-17(21)16-10-15(12-18-16)25(22,23)20-8-2-3-9-20/h4-7,10,12,18H,2-3,8-9,11H2,1H3,(H,19,21). The van der Waals surface area contributed by atoms with Crippen molar-refractivity contribution in [2.45, 2.75) is 24.3 Å². The van der Waals surface area contributed by atoms with Crippen LogP contribution >= 0.6 is 0 Å². The maximum Gasteiger partial charge on any atom is 0.268 e. The van der Waals surface area contributed by atoms with Gasteiger partial charge in [0.1, 0.15) is 16.3 Å². The number of methoxy groups -OCH3 is 1. The number of amides is 1. The molecule has 7 nitrogen and oxygen atoms in total. The fourth-order valence-corrected chi connectivity index (χ4v) is 4.26. The summed E-state index contributed by atoms with van der Waals surface area (Å²) < 4.78 is 31.5. The van der Waals surface area contributed by atoms with Crippen LogP contribution in [0.1, 0.15) is 28.9 Å². The van der Waals surface area contributed by atoms with E-state index in [9.17, 15) is 13.2 Å². The molecule has 0 atom stereocenters. The van der Waals surface area contributed by atoms with Gasteiger partial charge in [-0.15, -0.1) is 0 Å². The molecule has 3 rings (SSSR count). The molecule has 1 fully saturated rings. The van der Waals surface area contributed by atoms with Gasteiger partial charge in [-0.25, -0.2) is 8.42 Å². The normalized spacial score (nSPS) is 15.2. The molecular weight excluding hydrogens is 342 g/mol. The van der Waals surface area contributed by atoms with Crippen molar-refractivity contribution in [3.8, 4) is 5.75 Å². The Hall–Kier alpha value is -2.32. The first-order valence-corrected chi connectivity index (χ1v) is 9.54. The maximum absolute atomic E-state index is 12.5. The number of aromatic amines is 1. The summed E-state index contributed by atoms with van der Waals surface area (Å²) in [5, 5.41) is 2.77. The number of ether oxygens (including phenoxy) is 1. The van der Waals surface area contributed by atoms with Crippen molar-refractivity contribution >= 4 is 15.9 Å². The molecule has 1 aromatic heterocycles. The second-order valence-electron chi connectivity index (χ2n) is 5.89. The predicted octanol–water partition coefficient (Wildman–Crippen LogP) is 1.74. The number of sulfonamides is 1. The molecule has 2 aromatic rings. The van der Waals surface area contributed by atoms with E-state index in [4.69, 9.17) is 4.74 Å². The van der Waals surface area contributed by atoms with E-state index in [1.165, 1.54) is 16.6 Å². The van der Waals surface area contributed by atoms with Crippen LogP contribution in [-0.2, 0) is 16.6 Å². The molecule has 1 aliphatic rings. The van der Waals surface area contributed by atoms with Crippen LogP contribution in [-0.4, -0.2) is 43.8 Å². The molecule has 8 heteroatoms. The molecule has 1 saturated heterocycles. The fourth-order valence-electron chi connectivity index (χ4n) is 2.75. The molecule has 1 amide bonds. The predicted molar refractivity (Wildman–Crippen MR) is 92.9 cm³/mol. The number of H-pyrrole nitrogens is 1. The molecule has 1 aromatic carbocycles. The topological polar surface area (TPSA) is 91.5 Å². The van der Waals surface area contributed by atoms with Gasteiger partial charge in [-0.05, 0) is 36.6 Å². The van der Waals surface area contributed by atoms with E-state index in [1.807, 2.05) is 24.3 Å². The molecule has 0 spiro atoms. The van der Waals surface area contributed by atoms with Crippen molar-refractivity contribution in [1.82, 2.24) is 14.6 Å². The number of nitrogens with one attached hydrogen (secondary N) is 2. The monoisotopic (exact) mass is 363 g/mol. The minimum Gasteiger partial charge on any atom is -0.497 e. The third-order valence-electron chi connectivity index (χ3n) is 4.22. The van der Waals surface area contributed by atoms with E-state index in [2.05, 4.69) is 10.3 Å². The third-order valence-corrected chi connectivity index (χ3v) is 6.09. The largest absolute Gasteiger partial charge is 0.497 e. The van der Waals surface area contributed by atoms with Crippen molar-refractivity contribution in [1.29, 1.82) is 0 Å². The molecular formula is C17H21N3O4S. The minimum atomic E-state index is -3.52. The highest BCUT2D eigenvalue weighted by atomic mass is 32.2. The van der Waals surface area contributed by atoms with Crippen LogP contribution in [0, 0.1) is 0 Å². The van der Waals surface area contributed by atoms with Crippen molar-refractivity contribution in [2.24, 2.45) is 0 Å². The Labute approximate surface area is 147 Å². The van der Waals surface area contributed by atoms with Crippen molar-refractivity contribution in [3.63, 3.8) is 0 Å². The van der Waals surface area contributed by atoms with Crippen LogP contribution in [0.5, 0.6) is 5.75 Å². The zero-order chi connectivity index (χ0) is 17.9. The molecule has 0 aliphatic carbocycles. The molecule has 0 unspecified atom stereocenters. The number of rotatable bonds is 6. The highest BCUT2D eigenvalue weighted by molar-refractivity contribution is 7.89. The number of benzene rings is 1. The van der Waals surface area contributed by atoms with E-state index in [1.54, 1.807) is 7.11 Å². The number of hydrogen-bond donors (Lipinski definition) is 2. The summed E-state index contributed by atoms with van der Waals surface area (Å²) >= 11 is 0. The Morgan fingerprint density at radius 3 is 2.56 bits per heavy atom. The van der Waals surface area contributed by atoms with Crippen LogP contribution in [0.25, 0.3) is 0 Å². The Balaban J connectivity index is 1.64. The molecule has 2 heterocycles. The van der Waals surface area contributed by atoms with Gasteiger partial charge in [0, 0.05) is 25.8 Å². The summed E-state index contributed by atoms with van der Waals surface area (Å²) in [6.07, 6.45) is 3.12.